The molecule has 5 nitrogen and oxygen atoms in total. The second-order valence-electron chi connectivity index (χ2n) is 3.42. The Balaban J connectivity index is 2.41. The van der Waals surface area contributed by atoms with E-state index >= 15 is 0 Å². The van der Waals surface area contributed by atoms with Gasteiger partial charge in [0.05, 0.1) is 7.11 Å². The number of esters is 1. The van der Waals surface area contributed by atoms with E-state index in [1.54, 1.807) is 18.2 Å². The molecule has 0 heterocycles. The Labute approximate surface area is 99.9 Å². The number of carbonyl (C=O) groups is 1. The zero-order chi connectivity index (χ0) is 12.7. The van der Waals surface area contributed by atoms with Crippen molar-refractivity contribution < 1.29 is 24.1 Å². The first kappa shape index (κ1) is 13.3. The molecule has 0 aliphatic carbocycles. The molecular weight excluding hydrogens is 224 g/mol. The van der Waals surface area contributed by atoms with Crippen molar-refractivity contribution >= 4 is 5.97 Å². The Morgan fingerprint density at radius 2 is 1.94 bits per heavy atom. The van der Waals surface area contributed by atoms with Gasteiger partial charge in [-0.05, 0) is 12.1 Å². The van der Waals surface area contributed by atoms with Gasteiger partial charge < -0.3 is 19.3 Å². The summed E-state index contributed by atoms with van der Waals surface area (Å²) >= 11 is 0. The number of methoxy groups -OCH3 is 1. The van der Waals surface area contributed by atoms with Gasteiger partial charge in [0.1, 0.15) is 19.3 Å². The van der Waals surface area contributed by atoms with Crippen LogP contribution in [0.2, 0.25) is 0 Å². The number of carbonyl (C=O) groups excluding carboxylic acids is 1. The van der Waals surface area contributed by atoms with Crippen molar-refractivity contribution in [2.24, 2.45) is 0 Å². The lowest BCUT2D eigenvalue weighted by molar-refractivity contribution is -0.144. The Kier molecular flexibility index (Phi) is 5.29. The van der Waals surface area contributed by atoms with Gasteiger partial charge in [0.2, 0.25) is 0 Å². The number of hydrogen-bond acceptors (Lipinski definition) is 5. The van der Waals surface area contributed by atoms with Crippen LogP contribution in [0.15, 0.2) is 24.3 Å². The smallest absolute Gasteiger partial charge is 0.302 e. The number of ether oxygens (including phenoxy) is 3. The van der Waals surface area contributed by atoms with Crippen LogP contribution in [0.25, 0.3) is 0 Å². The molecular formula is C12H16O5. The third kappa shape index (κ3) is 4.74. The minimum Gasteiger partial charge on any atom is -0.493 e. The highest BCUT2D eigenvalue weighted by atomic mass is 16.6. The van der Waals surface area contributed by atoms with Gasteiger partial charge in [0.25, 0.3) is 0 Å². The summed E-state index contributed by atoms with van der Waals surface area (Å²) < 4.78 is 15.1. The molecule has 0 aliphatic rings. The van der Waals surface area contributed by atoms with Crippen molar-refractivity contribution in [3.8, 4) is 11.5 Å². The number of benzene rings is 1. The molecule has 17 heavy (non-hydrogen) atoms. The van der Waals surface area contributed by atoms with E-state index in [-0.39, 0.29) is 13.2 Å². The number of aliphatic hydroxyl groups is 1. The molecule has 1 unspecified atom stereocenters. The molecule has 0 bridgehead atoms. The maximum absolute atomic E-state index is 10.5. The quantitative estimate of drug-likeness (QED) is 0.751. The molecule has 0 spiro atoms. The Morgan fingerprint density at radius 1 is 1.29 bits per heavy atom. The number of rotatable bonds is 6. The second kappa shape index (κ2) is 6.75. The molecule has 1 atom stereocenters. The normalized spacial score (nSPS) is 11.7. The van der Waals surface area contributed by atoms with E-state index in [0.717, 1.165) is 0 Å². The Bertz CT molecular complexity index is 364. The summed E-state index contributed by atoms with van der Waals surface area (Å²) in [5.41, 5.74) is 0. The average Bonchev–Trinajstić information content (AvgIpc) is 2.34. The number of para-hydroxylation sites is 2. The third-order valence-electron chi connectivity index (χ3n) is 1.98. The molecule has 0 saturated carbocycles. The van der Waals surface area contributed by atoms with Gasteiger partial charge in [0.15, 0.2) is 11.5 Å². The van der Waals surface area contributed by atoms with Crippen LogP contribution in [0.4, 0.5) is 0 Å². The Morgan fingerprint density at radius 3 is 2.53 bits per heavy atom. The summed E-state index contributed by atoms with van der Waals surface area (Å²) in [7, 11) is 1.54. The van der Waals surface area contributed by atoms with E-state index in [0.29, 0.717) is 11.5 Å². The van der Waals surface area contributed by atoms with Crippen molar-refractivity contribution in [3.63, 3.8) is 0 Å². The predicted octanol–water partition coefficient (Wildman–Crippen LogP) is 0.998. The molecule has 1 aromatic rings. The van der Waals surface area contributed by atoms with Gasteiger partial charge in [-0.3, -0.25) is 4.79 Å². The van der Waals surface area contributed by atoms with Gasteiger partial charge in [-0.15, -0.1) is 0 Å². The summed E-state index contributed by atoms with van der Waals surface area (Å²) in [5.74, 6) is 0.699. The van der Waals surface area contributed by atoms with Gasteiger partial charge in [-0.25, -0.2) is 0 Å². The second-order valence-corrected chi connectivity index (χ2v) is 3.42. The van der Waals surface area contributed by atoms with Crippen LogP contribution in [0.1, 0.15) is 6.92 Å². The molecule has 1 aromatic carbocycles. The van der Waals surface area contributed by atoms with Gasteiger partial charge in [0, 0.05) is 6.92 Å². The van der Waals surface area contributed by atoms with Gasteiger partial charge >= 0.3 is 5.97 Å². The molecule has 94 valence electrons. The van der Waals surface area contributed by atoms with Crippen LogP contribution in [-0.4, -0.2) is 37.5 Å². The lowest BCUT2D eigenvalue weighted by atomic mass is 10.3. The molecule has 1 rings (SSSR count). The molecule has 1 N–H and O–H groups in total. The number of aliphatic hydroxyl groups excluding tert-OH is 1. The highest BCUT2D eigenvalue weighted by Crippen LogP contribution is 2.25. The van der Waals surface area contributed by atoms with E-state index in [2.05, 4.69) is 4.74 Å². The van der Waals surface area contributed by atoms with Gasteiger partial charge in [-0.2, -0.15) is 0 Å². The topological polar surface area (TPSA) is 65.0 Å². The highest BCUT2D eigenvalue weighted by Gasteiger charge is 2.09. The van der Waals surface area contributed by atoms with Crippen molar-refractivity contribution in [1.82, 2.24) is 0 Å². The lowest BCUT2D eigenvalue weighted by Crippen LogP contribution is -2.24. The van der Waals surface area contributed by atoms with Crippen molar-refractivity contribution in [1.29, 1.82) is 0 Å². The first-order chi connectivity index (χ1) is 8.13. The summed E-state index contributed by atoms with van der Waals surface area (Å²) in [4.78, 5) is 10.5. The fourth-order valence-electron chi connectivity index (χ4n) is 1.19. The molecule has 0 amide bonds. The van der Waals surface area contributed by atoms with Crippen LogP contribution in [-0.2, 0) is 9.53 Å². The van der Waals surface area contributed by atoms with Gasteiger partial charge in [-0.1, -0.05) is 12.1 Å². The highest BCUT2D eigenvalue weighted by molar-refractivity contribution is 5.65. The van der Waals surface area contributed by atoms with E-state index in [1.807, 2.05) is 6.07 Å². The van der Waals surface area contributed by atoms with Crippen molar-refractivity contribution in [2.75, 3.05) is 20.3 Å². The maximum Gasteiger partial charge on any atom is 0.302 e. The zero-order valence-corrected chi connectivity index (χ0v) is 9.88. The zero-order valence-electron chi connectivity index (χ0n) is 9.88. The van der Waals surface area contributed by atoms with E-state index < -0.39 is 12.1 Å². The fourth-order valence-corrected chi connectivity index (χ4v) is 1.19. The van der Waals surface area contributed by atoms with Crippen LogP contribution >= 0.6 is 0 Å². The average molecular weight is 240 g/mol. The number of hydrogen-bond donors (Lipinski definition) is 1. The van der Waals surface area contributed by atoms with Crippen LogP contribution in [0, 0.1) is 0 Å². The molecule has 5 heteroatoms. The summed E-state index contributed by atoms with van der Waals surface area (Å²) in [5, 5.41) is 9.48. The van der Waals surface area contributed by atoms with Crippen LogP contribution in [0.5, 0.6) is 11.5 Å². The standard InChI is InChI=1S/C12H16O5/c1-9(13)16-7-10(14)8-17-12-6-4-3-5-11(12)15-2/h3-6,10,14H,7-8H2,1-2H3. The van der Waals surface area contributed by atoms with E-state index in [4.69, 9.17) is 9.47 Å². The summed E-state index contributed by atoms with van der Waals surface area (Å²) in [6.45, 7) is 1.24. The SMILES string of the molecule is COc1ccccc1OCC(O)COC(C)=O. The molecule has 0 saturated heterocycles. The van der Waals surface area contributed by atoms with Crippen molar-refractivity contribution in [2.45, 2.75) is 13.0 Å². The molecule has 0 fully saturated rings. The first-order valence-corrected chi connectivity index (χ1v) is 5.20. The monoisotopic (exact) mass is 240 g/mol. The van der Waals surface area contributed by atoms with Crippen LogP contribution in [0.3, 0.4) is 0 Å². The summed E-state index contributed by atoms with van der Waals surface area (Å²) in [6.07, 6.45) is -0.858. The largest absolute Gasteiger partial charge is 0.493 e. The minimum absolute atomic E-state index is 0.0354. The van der Waals surface area contributed by atoms with Crippen molar-refractivity contribution in [3.05, 3.63) is 24.3 Å². The predicted molar refractivity (Wildman–Crippen MR) is 61.1 cm³/mol. The molecule has 0 radical (unpaired) electrons. The minimum atomic E-state index is -0.858. The van der Waals surface area contributed by atoms with E-state index in [9.17, 15) is 9.90 Å². The summed E-state index contributed by atoms with van der Waals surface area (Å²) in [6, 6.07) is 7.11. The molecule has 0 aromatic heterocycles. The first-order valence-electron chi connectivity index (χ1n) is 5.20. The molecule has 0 aliphatic heterocycles. The third-order valence-corrected chi connectivity index (χ3v) is 1.98. The maximum atomic E-state index is 10.5. The fraction of sp³-hybridized carbons (Fsp3) is 0.417. The lowest BCUT2D eigenvalue weighted by Gasteiger charge is -2.13. The van der Waals surface area contributed by atoms with E-state index in [1.165, 1.54) is 14.0 Å². The Hall–Kier alpha value is -1.75. The van der Waals surface area contributed by atoms with Crippen LogP contribution < -0.4 is 9.47 Å².